The van der Waals surface area contributed by atoms with Crippen molar-refractivity contribution < 1.29 is 0 Å². The Bertz CT molecular complexity index is 506. The molecule has 3 heteroatoms. The van der Waals surface area contributed by atoms with Crippen LogP contribution in [-0.4, -0.2) is 5.84 Å². The van der Waals surface area contributed by atoms with Crippen molar-refractivity contribution in [2.45, 2.75) is 6.92 Å². The normalized spacial score (nSPS) is 9.67. The van der Waals surface area contributed by atoms with Crippen molar-refractivity contribution in [2.75, 3.05) is 0 Å². The molecule has 0 bridgehead atoms. The van der Waals surface area contributed by atoms with E-state index in [-0.39, 0.29) is 18.2 Å². The Morgan fingerprint density at radius 2 is 1.67 bits per heavy atom. The summed E-state index contributed by atoms with van der Waals surface area (Å²) in [6, 6.07) is 11.9. The van der Waals surface area contributed by atoms with Gasteiger partial charge in [-0.2, -0.15) is 0 Å². The molecule has 0 aliphatic carbocycles. The minimum Gasteiger partial charge on any atom is -0.384 e. The van der Waals surface area contributed by atoms with E-state index in [9.17, 15) is 0 Å². The van der Waals surface area contributed by atoms with E-state index in [2.05, 4.69) is 13.0 Å². The molecular weight excluding hydrogens is 208 g/mol. The summed E-state index contributed by atoms with van der Waals surface area (Å²) in [6.45, 7) is 2.06. The van der Waals surface area contributed by atoms with Gasteiger partial charge in [-0.3, -0.25) is 5.41 Å². The fraction of sp³-hybridized carbons (Fsp3) is 0.0833. The van der Waals surface area contributed by atoms with Crippen LogP contribution in [0.5, 0.6) is 0 Å². The lowest BCUT2D eigenvalue weighted by molar-refractivity contribution is 1.43. The first-order chi connectivity index (χ1) is 6.70. The zero-order valence-corrected chi connectivity index (χ0v) is 9.27. The predicted octanol–water partition coefficient (Wildman–Crippen LogP) is 2.85. The molecule has 15 heavy (non-hydrogen) atoms. The molecule has 78 valence electrons. The minimum atomic E-state index is 0. The van der Waals surface area contributed by atoms with Gasteiger partial charge in [0.2, 0.25) is 0 Å². The Morgan fingerprint density at radius 1 is 1.07 bits per heavy atom. The number of amidine groups is 1. The number of hydrogen-bond donors (Lipinski definition) is 2. The third kappa shape index (κ3) is 1.95. The molecular formula is C12H13ClN2. The molecule has 0 atom stereocenters. The Balaban J connectivity index is 0.00000112. The van der Waals surface area contributed by atoms with Gasteiger partial charge in [-0.25, -0.2) is 0 Å². The maximum atomic E-state index is 7.47. The highest BCUT2D eigenvalue weighted by Crippen LogP contribution is 2.21. The van der Waals surface area contributed by atoms with Crippen LogP contribution in [0.3, 0.4) is 0 Å². The van der Waals surface area contributed by atoms with Gasteiger partial charge >= 0.3 is 0 Å². The van der Waals surface area contributed by atoms with Crippen LogP contribution >= 0.6 is 12.4 Å². The standard InChI is InChI=1S/C12H12N2.ClH/c1-8-6-7-11(12(13)14)10-5-3-2-4-9(8)10;/h2-7H,1H3,(H3,13,14);1H. The van der Waals surface area contributed by atoms with Crippen LogP contribution in [0, 0.1) is 12.3 Å². The molecule has 0 aliphatic rings. The third-order valence-electron chi connectivity index (χ3n) is 2.43. The highest BCUT2D eigenvalue weighted by Gasteiger charge is 2.04. The summed E-state index contributed by atoms with van der Waals surface area (Å²) in [6.07, 6.45) is 0. The average molecular weight is 221 g/mol. The highest BCUT2D eigenvalue weighted by molar-refractivity contribution is 6.08. The second-order valence-corrected chi connectivity index (χ2v) is 3.39. The van der Waals surface area contributed by atoms with Crippen LogP contribution in [0.15, 0.2) is 36.4 Å². The second kappa shape index (κ2) is 4.32. The number of benzene rings is 2. The van der Waals surface area contributed by atoms with Crippen molar-refractivity contribution in [3.8, 4) is 0 Å². The molecule has 0 saturated heterocycles. The SMILES string of the molecule is Cc1ccc(C(=N)N)c2ccccc12.Cl. The van der Waals surface area contributed by atoms with E-state index in [1.807, 2.05) is 30.3 Å². The largest absolute Gasteiger partial charge is 0.384 e. The van der Waals surface area contributed by atoms with Crippen LogP contribution in [0.2, 0.25) is 0 Å². The van der Waals surface area contributed by atoms with Gasteiger partial charge in [-0.15, -0.1) is 12.4 Å². The topological polar surface area (TPSA) is 49.9 Å². The molecule has 0 aromatic heterocycles. The van der Waals surface area contributed by atoms with Crippen molar-refractivity contribution >= 4 is 29.0 Å². The van der Waals surface area contributed by atoms with Crippen molar-refractivity contribution in [3.05, 3.63) is 47.5 Å². The molecule has 2 nitrogen and oxygen atoms in total. The Hall–Kier alpha value is -1.54. The van der Waals surface area contributed by atoms with E-state index in [0.29, 0.717) is 0 Å². The molecule has 0 heterocycles. The van der Waals surface area contributed by atoms with Crippen LogP contribution in [0.4, 0.5) is 0 Å². The molecule has 3 N–H and O–H groups in total. The molecule has 0 aliphatic heterocycles. The lowest BCUT2D eigenvalue weighted by atomic mass is 10.00. The molecule has 0 fully saturated rings. The second-order valence-electron chi connectivity index (χ2n) is 3.39. The monoisotopic (exact) mass is 220 g/mol. The third-order valence-corrected chi connectivity index (χ3v) is 2.43. The smallest absolute Gasteiger partial charge is 0.123 e. The van der Waals surface area contributed by atoms with Crippen molar-refractivity contribution in [1.29, 1.82) is 5.41 Å². The number of nitrogens with one attached hydrogen (secondary N) is 1. The Labute approximate surface area is 95.0 Å². The van der Waals surface area contributed by atoms with E-state index < -0.39 is 0 Å². The van der Waals surface area contributed by atoms with Crippen LogP contribution in [-0.2, 0) is 0 Å². The number of aryl methyl sites for hydroxylation is 1. The van der Waals surface area contributed by atoms with E-state index in [0.717, 1.165) is 10.9 Å². The number of fused-ring (bicyclic) bond motifs is 1. The first kappa shape index (κ1) is 11.5. The van der Waals surface area contributed by atoms with E-state index in [1.54, 1.807) is 0 Å². The first-order valence-corrected chi connectivity index (χ1v) is 4.53. The van der Waals surface area contributed by atoms with Crippen molar-refractivity contribution in [3.63, 3.8) is 0 Å². The van der Waals surface area contributed by atoms with Gasteiger partial charge in [0, 0.05) is 5.56 Å². The number of hydrogen-bond acceptors (Lipinski definition) is 1. The summed E-state index contributed by atoms with van der Waals surface area (Å²) in [7, 11) is 0. The molecule has 0 unspecified atom stereocenters. The lowest BCUT2D eigenvalue weighted by Gasteiger charge is -2.06. The number of halogens is 1. The maximum absolute atomic E-state index is 7.47. The minimum absolute atomic E-state index is 0. The lowest BCUT2D eigenvalue weighted by Crippen LogP contribution is -2.11. The Morgan fingerprint density at radius 3 is 2.27 bits per heavy atom. The summed E-state index contributed by atoms with van der Waals surface area (Å²) < 4.78 is 0. The van der Waals surface area contributed by atoms with Crippen molar-refractivity contribution in [1.82, 2.24) is 0 Å². The predicted molar refractivity (Wildman–Crippen MR) is 66.9 cm³/mol. The van der Waals surface area contributed by atoms with E-state index >= 15 is 0 Å². The molecule has 0 saturated carbocycles. The number of nitrogen functional groups attached to an aromatic ring is 1. The van der Waals surface area contributed by atoms with Gasteiger partial charge in [-0.1, -0.05) is 36.4 Å². The van der Waals surface area contributed by atoms with E-state index in [1.165, 1.54) is 10.9 Å². The number of nitrogens with two attached hydrogens (primary N) is 1. The zero-order chi connectivity index (χ0) is 10.1. The van der Waals surface area contributed by atoms with Gasteiger partial charge in [0.1, 0.15) is 5.84 Å². The average Bonchev–Trinajstić information content (AvgIpc) is 2.18. The molecule has 0 amide bonds. The summed E-state index contributed by atoms with van der Waals surface area (Å²) >= 11 is 0. The van der Waals surface area contributed by atoms with Crippen LogP contribution in [0.1, 0.15) is 11.1 Å². The van der Waals surface area contributed by atoms with Crippen LogP contribution < -0.4 is 5.73 Å². The summed E-state index contributed by atoms with van der Waals surface area (Å²) in [5, 5.41) is 9.69. The van der Waals surface area contributed by atoms with E-state index in [4.69, 9.17) is 11.1 Å². The molecule has 2 aromatic rings. The summed E-state index contributed by atoms with van der Waals surface area (Å²) in [5.74, 6) is 0.126. The fourth-order valence-electron chi connectivity index (χ4n) is 1.68. The molecule has 2 rings (SSSR count). The van der Waals surface area contributed by atoms with Gasteiger partial charge in [-0.05, 0) is 23.3 Å². The van der Waals surface area contributed by atoms with Gasteiger partial charge in [0.15, 0.2) is 0 Å². The molecule has 0 spiro atoms. The molecule has 0 radical (unpaired) electrons. The van der Waals surface area contributed by atoms with Gasteiger partial charge in [0.05, 0.1) is 0 Å². The quantitative estimate of drug-likeness (QED) is 0.564. The maximum Gasteiger partial charge on any atom is 0.123 e. The fourth-order valence-corrected chi connectivity index (χ4v) is 1.68. The van der Waals surface area contributed by atoms with Gasteiger partial charge in [0.25, 0.3) is 0 Å². The number of rotatable bonds is 1. The first-order valence-electron chi connectivity index (χ1n) is 4.53. The highest BCUT2D eigenvalue weighted by atomic mass is 35.5. The zero-order valence-electron chi connectivity index (χ0n) is 8.45. The summed E-state index contributed by atoms with van der Waals surface area (Å²) in [5.41, 5.74) is 7.54. The van der Waals surface area contributed by atoms with Gasteiger partial charge < -0.3 is 5.73 Å². The van der Waals surface area contributed by atoms with Crippen LogP contribution in [0.25, 0.3) is 10.8 Å². The van der Waals surface area contributed by atoms with Crippen molar-refractivity contribution in [2.24, 2.45) is 5.73 Å². The summed E-state index contributed by atoms with van der Waals surface area (Å²) in [4.78, 5) is 0. The molecule has 2 aromatic carbocycles. The Kier molecular flexibility index (Phi) is 3.32.